The molecule has 9 heteroatoms. The highest BCUT2D eigenvalue weighted by Gasteiger charge is 2.21. The number of rotatable bonds is 6. The average Bonchev–Trinajstić information content (AvgIpc) is 3.22. The zero-order valence-electron chi connectivity index (χ0n) is 15.8. The molecule has 6 nitrogen and oxygen atoms in total. The van der Waals surface area contributed by atoms with Crippen LogP contribution in [0.4, 0.5) is 9.39 Å². The molecule has 0 radical (unpaired) electrons. The van der Waals surface area contributed by atoms with Crippen molar-refractivity contribution in [2.45, 2.75) is 23.8 Å². The Morgan fingerprint density at radius 3 is 2.64 bits per heavy atom. The minimum absolute atomic E-state index is 0.157. The fourth-order valence-corrected chi connectivity index (χ4v) is 5.22. The number of nitrogens with zero attached hydrogens (tertiary/aromatic N) is 2. The third-order valence-electron chi connectivity index (χ3n) is 4.71. The lowest BCUT2D eigenvalue weighted by atomic mass is 10.1. The van der Waals surface area contributed by atoms with Gasteiger partial charge in [0.25, 0.3) is 0 Å². The van der Waals surface area contributed by atoms with Gasteiger partial charge in [0.15, 0.2) is 15.8 Å². The highest BCUT2D eigenvalue weighted by atomic mass is 32.2. The van der Waals surface area contributed by atoms with Crippen LogP contribution in [-0.4, -0.2) is 52.9 Å². The van der Waals surface area contributed by atoms with E-state index in [2.05, 4.69) is 38.0 Å². The lowest BCUT2D eigenvalue weighted by Crippen LogP contribution is -2.49. The van der Waals surface area contributed by atoms with E-state index in [1.807, 2.05) is 0 Å². The maximum absolute atomic E-state index is 13.7. The molecule has 28 heavy (non-hydrogen) atoms. The SMILES string of the molecule is CN=C(NCCS(=O)(=O)c1ccccc1F)NC1CCN(c2cccs2)CC1. The Bertz CT molecular complexity index is 892. The number of halogens is 1. The molecule has 0 saturated carbocycles. The maximum atomic E-state index is 13.7. The van der Waals surface area contributed by atoms with Gasteiger partial charge in [0.2, 0.25) is 0 Å². The van der Waals surface area contributed by atoms with E-state index in [1.165, 1.54) is 23.2 Å². The van der Waals surface area contributed by atoms with Crippen LogP contribution in [0.25, 0.3) is 0 Å². The maximum Gasteiger partial charge on any atom is 0.191 e. The molecular weight excluding hydrogens is 399 g/mol. The summed E-state index contributed by atoms with van der Waals surface area (Å²) in [5.41, 5.74) is 0. The molecule has 0 unspecified atom stereocenters. The number of benzene rings is 1. The molecule has 0 spiro atoms. The smallest absolute Gasteiger partial charge is 0.191 e. The predicted octanol–water partition coefficient (Wildman–Crippen LogP) is 2.49. The second-order valence-electron chi connectivity index (χ2n) is 6.61. The molecule has 1 fully saturated rings. The first kappa shape index (κ1) is 20.6. The Hall–Kier alpha value is -2.13. The minimum atomic E-state index is -3.69. The van der Waals surface area contributed by atoms with Crippen molar-refractivity contribution in [3.63, 3.8) is 0 Å². The van der Waals surface area contributed by atoms with Gasteiger partial charge in [0, 0.05) is 32.7 Å². The normalized spacial score (nSPS) is 16.2. The topological polar surface area (TPSA) is 73.8 Å². The van der Waals surface area contributed by atoms with E-state index in [1.54, 1.807) is 18.4 Å². The molecule has 2 N–H and O–H groups in total. The summed E-state index contributed by atoms with van der Waals surface area (Å²) in [5, 5.41) is 9.76. The number of anilines is 1. The van der Waals surface area contributed by atoms with E-state index in [-0.39, 0.29) is 23.2 Å². The van der Waals surface area contributed by atoms with E-state index in [9.17, 15) is 12.8 Å². The number of nitrogens with one attached hydrogen (secondary N) is 2. The number of guanidine groups is 1. The molecule has 152 valence electrons. The van der Waals surface area contributed by atoms with Crippen LogP contribution in [0.3, 0.4) is 0 Å². The highest BCUT2D eigenvalue weighted by molar-refractivity contribution is 7.91. The zero-order chi connectivity index (χ0) is 20.0. The fraction of sp³-hybridized carbons (Fsp3) is 0.421. The fourth-order valence-electron chi connectivity index (χ4n) is 3.19. The lowest BCUT2D eigenvalue weighted by molar-refractivity contribution is 0.463. The molecule has 1 aromatic heterocycles. The Morgan fingerprint density at radius 1 is 1.25 bits per heavy atom. The summed E-state index contributed by atoms with van der Waals surface area (Å²) in [4.78, 5) is 6.29. The molecule has 2 heterocycles. The van der Waals surface area contributed by atoms with Crippen molar-refractivity contribution in [1.29, 1.82) is 0 Å². The second kappa shape index (κ2) is 9.38. The number of aliphatic imine (C=N–C) groups is 1. The van der Waals surface area contributed by atoms with Crippen LogP contribution < -0.4 is 15.5 Å². The number of piperidine rings is 1. The van der Waals surface area contributed by atoms with E-state index in [0.717, 1.165) is 32.0 Å². The van der Waals surface area contributed by atoms with Crippen LogP contribution in [-0.2, 0) is 9.84 Å². The molecule has 0 aliphatic carbocycles. The molecule has 3 rings (SSSR count). The van der Waals surface area contributed by atoms with E-state index >= 15 is 0 Å². The number of sulfone groups is 1. The third kappa shape index (κ3) is 5.23. The van der Waals surface area contributed by atoms with Crippen molar-refractivity contribution < 1.29 is 12.8 Å². The molecule has 2 aromatic rings. The van der Waals surface area contributed by atoms with Gasteiger partial charge < -0.3 is 15.5 Å². The van der Waals surface area contributed by atoms with Gasteiger partial charge in [0.1, 0.15) is 10.7 Å². The monoisotopic (exact) mass is 424 g/mol. The van der Waals surface area contributed by atoms with Crippen LogP contribution >= 0.6 is 11.3 Å². The van der Waals surface area contributed by atoms with Crippen LogP contribution in [0.15, 0.2) is 51.7 Å². The summed E-state index contributed by atoms with van der Waals surface area (Å²) in [5.74, 6) is -0.355. The zero-order valence-corrected chi connectivity index (χ0v) is 17.4. The van der Waals surface area contributed by atoms with E-state index < -0.39 is 15.7 Å². The molecule has 0 atom stereocenters. The molecule has 1 aliphatic rings. The standard InChI is InChI=1S/C19H25FN4O2S2/c1-21-19(22-10-14-28(25,26)17-6-3-2-5-16(17)20)23-15-8-11-24(12-9-15)18-7-4-13-27-18/h2-7,13,15H,8-12,14H2,1H3,(H2,21,22,23). The first-order valence-electron chi connectivity index (χ1n) is 9.22. The van der Waals surface area contributed by atoms with Crippen LogP contribution in [0.2, 0.25) is 0 Å². The summed E-state index contributed by atoms with van der Waals surface area (Å²) in [6.45, 7) is 2.10. The summed E-state index contributed by atoms with van der Waals surface area (Å²) < 4.78 is 38.4. The van der Waals surface area contributed by atoms with Crippen LogP contribution in [0, 0.1) is 5.82 Å². The summed E-state index contributed by atoms with van der Waals surface area (Å²) >= 11 is 1.75. The molecule has 1 aromatic carbocycles. The Balaban J connectivity index is 1.46. The van der Waals surface area contributed by atoms with E-state index in [0.29, 0.717) is 5.96 Å². The average molecular weight is 425 g/mol. The van der Waals surface area contributed by atoms with Gasteiger partial charge in [-0.1, -0.05) is 12.1 Å². The van der Waals surface area contributed by atoms with Gasteiger partial charge in [-0.3, -0.25) is 4.99 Å². The van der Waals surface area contributed by atoms with Crippen molar-refractivity contribution in [2.24, 2.45) is 4.99 Å². The summed E-state index contributed by atoms with van der Waals surface area (Å²) in [7, 11) is -2.03. The largest absolute Gasteiger partial charge is 0.363 e. The number of hydrogen-bond acceptors (Lipinski definition) is 5. The molecule has 1 saturated heterocycles. The van der Waals surface area contributed by atoms with Gasteiger partial charge in [-0.2, -0.15) is 0 Å². The highest BCUT2D eigenvalue weighted by Crippen LogP contribution is 2.24. The Kier molecular flexibility index (Phi) is 6.90. The van der Waals surface area contributed by atoms with Gasteiger partial charge in [-0.15, -0.1) is 11.3 Å². The predicted molar refractivity (Wildman–Crippen MR) is 113 cm³/mol. The van der Waals surface area contributed by atoms with Crippen molar-refractivity contribution in [3.8, 4) is 0 Å². The van der Waals surface area contributed by atoms with Crippen molar-refractivity contribution in [3.05, 3.63) is 47.6 Å². The van der Waals surface area contributed by atoms with Gasteiger partial charge in [-0.25, -0.2) is 12.8 Å². The Morgan fingerprint density at radius 2 is 2.00 bits per heavy atom. The first-order valence-corrected chi connectivity index (χ1v) is 11.8. The molecule has 1 aliphatic heterocycles. The van der Waals surface area contributed by atoms with Crippen LogP contribution in [0.1, 0.15) is 12.8 Å². The summed E-state index contributed by atoms with van der Waals surface area (Å²) in [6.07, 6.45) is 1.96. The van der Waals surface area contributed by atoms with Crippen molar-refractivity contribution >= 4 is 32.1 Å². The third-order valence-corrected chi connectivity index (χ3v) is 7.38. The quantitative estimate of drug-likeness (QED) is 0.551. The minimum Gasteiger partial charge on any atom is -0.363 e. The first-order chi connectivity index (χ1) is 13.5. The molecule has 0 amide bonds. The molecular formula is C19H25FN4O2S2. The Labute approximate surface area is 169 Å². The summed E-state index contributed by atoms with van der Waals surface area (Å²) in [6, 6.07) is 9.92. The van der Waals surface area contributed by atoms with Crippen LogP contribution in [0.5, 0.6) is 0 Å². The number of hydrogen-bond donors (Lipinski definition) is 2. The van der Waals surface area contributed by atoms with Gasteiger partial charge >= 0.3 is 0 Å². The van der Waals surface area contributed by atoms with Crippen molar-refractivity contribution in [1.82, 2.24) is 10.6 Å². The van der Waals surface area contributed by atoms with E-state index in [4.69, 9.17) is 0 Å². The van der Waals surface area contributed by atoms with Gasteiger partial charge in [-0.05, 0) is 42.5 Å². The molecule has 0 bridgehead atoms. The van der Waals surface area contributed by atoms with Crippen molar-refractivity contribution in [2.75, 3.05) is 37.3 Å². The number of thiophene rings is 1. The lowest BCUT2D eigenvalue weighted by Gasteiger charge is -2.33. The van der Waals surface area contributed by atoms with Gasteiger partial charge in [0.05, 0.1) is 10.8 Å². The second-order valence-corrected chi connectivity index (χ2v) is 9.61.